The maximum absolute atomic E-state index is 12.3. The number of carbonyl (C=O) groups is 1. The fourth-order valence-electron chi connectivity index (χ4n) is 2.93. The van der Waals surface area contributed by atoms with Crippen LogP contribution in [0.3, 0.4) is 0 Å². The molecule has 1 aliphatic rings. The van der Waals surface area contributed by atoms with Crippen LogP contribution in [-0.4, -0.2) is 16.6 Å². The second-order valence-corrected chi connectivity index (χ2v) is 5.95. The van der Waals surface area contributed by atoms with Crippen molar-refractivity contribution in [2.24, 2.45) is 5.10 Å². The van der Waals surface area contributed by atoms with Crippen molar-refractivity contribution >= 4 is 11.6 Å². The summed E-state index contributed by atoms with van der Waals surface area (Å²) in [6, 6.07) is 21.1. The van der Waals surface area contributed by atoms with Crippen LogP contribution in [0.4, 0.5) is 0 Å². The summed E-state index contributed by atoms with van der Waals surface area (Å²) < 4.78 is 6.14. The van der Waals surface area contributed by atoms with Gasteiger partial charge in [0.25, 0.3) is 5.91 Å². The maximum atomic E-state index is 12.3. The van der Waals surface area contributed by atoms with Crippen molar-refractivity contribution in [1.82, 2.24) is 10.4 Å². The Hall–Kier alpha value is -3.47. The second kappa shape index (κ2) is 7.19. The lowest BCUT2D eigenvalue weighted by Crippen LogP contribution is -2.25. The van der Waals surface area contributed by atoms with E-state index in [2.05, 4.69) is 15.5 Å². The number of rotatable bonds is 3. The third-order valence-corrected chi connectivity index (χ3v) is 4.25. The van der Waals surface area contributed by atoms with Crippen LogP contribution in [-0.2, 0) is 0 Å². The zero-order valence-corrected chi connectivity index (χ0v) is 14.0. The Kier molecular flexibility index (Phi) is 4.43. The SMILES string of the molecule is O=C(N/N=C1\CC(c2ccccc2)Oc2ccccc21)c1ccncc1. The zero-order chi connectivity index (χ0) is 17.8. The van der Waals surface area contributed by atoms with Gasteiger partial charge in [0, 0.05) is 29.9 Å². The molecule has 0 saturated carbocycles. The van der Waals surface area contributed by atoms with E-state index >= 15 is 0 Å². The molecule has 0 saturated heterocycles. The number of pyridine rings is 1. The zero-order valence-electron chi connectivity index (χ0n) is 14.0. The van der Waals surface area contributed by atoms with Gasteiger partial charge in [0.1, 0.15) is 11.9 Å². The van der Waals surface area contributed by atoms with Crippen LogP contribution < -0.4 is 10.2 Å². The predicted octanol–water partition coefficient (Wildman–Crippen LogP) is 3.74. The number of carbonyl (C=O) groups excluding carboxylic acids is 1. The molecule has 5 nitrogen and oxygen atoms in total. The smallest absolute Gasteiger partial charge is 0.271 e. The lowest BCUT2D eigenvalue weighted by atomic mass is 9.96. The highest BCUT2D eigenvalue weighted by Crippen LogP contribution is 2.34. The molecule has 1 unspecified atom stereocenters. The number of aromatic nitrogens is 1. The molecule has 2 aromatic carbocycles. The van der Waals surface area contributed by atoms with Crippen molar-refractivity contribution in [3.05, 3.63) is 95.8 Å². The Morgan fingerprint density at radius 2 is 1.73 bits per heavy atom. The monoisotopic (exact) mass is 343 g/mol. The first kappa shape index (κ1) is 16.0. The van der Waals surface area contributed by atoms with Gasteiger partial charge in [0.05, 0.1) is 5.71 Å². The van der Waals surface area contributed by atoms with E-state index in [1.165, 1.54) is 0 Å². The van der Waals surface area contributed by atoms with E-state index in [9.17, 15) is 4.79 Å². The first-order chi connectivity index (χ1) is 12.8. The number of para-hydroxylation sites is 1. The number of benzene rings is 2. The summed E-state index contributed by atoms with van der Waals surface area (Å²) in [5, 5.41) is 4.39. The third kappa shape index (κ3) is 3.32. The summed E-state index contributed by atoms with van der Waals surface area (Å²) in [6.45, 7) is 0. The molecule has 1 aliphatic heterocycles. The van der Waals surface area contributed by atoms with Crippen molar-refractivity contribution in [3.8, 4) is 5.75 Å². The molecule has 128 valence electrons. The normalized spacial score (nSPS) is 17.2. The van der Waals surface area contributed by atoms with Gasteiger partial charge in [-0.25, -0.2) is 5.43 Å². The molecule has 1 atom stereocenters. The van der Waals surface area contributed by atoms with E-state index in [4.69, 9.17) is 4.74 Å². The summed E-state index contributed by atoms with van der Waals surface area (Å²) in [4.78, 5) is 16.2. The molecule has 0 bridgehead atoms. The molecule has 1 aromatic heterocycles. The van der Waals surface area contributed by atoms with Gasteiger partial charge in [-0.05, 0) is 29.8 Å². The van der Waals surface area contributed by atoms with Crippen LogP contribution in [0.2, 0.25) is 0 Å². The molecule has 4 rings (SSSR count). The number of nitrogens with one attached hydrogen (secondary N) is 1. The van der Waals surface area contributed by atoms with Gasteiger partial charge in [0.15, 0.2) is 0 Å². The molecule has 5 heteroatoms. The highest BCUT2D eigenvalue weighted by atomic mass is 16.5. The molecule has 0 radical (unpaired) electrons. The first-order valence-electron chi connectivity index (χ1n) is 8.39. The summed E-state index contributed by atoms with van der Waals surface area (Å²) in [5.41, 5.74) is 5.94. The van der Waals surface area contributed by atoms with Crippen LogP contribution >= 0.6 is 0 Å². The van der Waals surface area contributed by atoms with E-state index in [0.717, 1.165) is 22.6 Å². The standard InChI is InChI=1S/C21H17N3O2/c25-21(16-10-12-22-13-11-16)24-23-18-14-20(15-6-2-1-3-7-15)26-19-9-5-4-8-17(18)19/h1-13,20H,14H2,(H,24,25)/b23-18+. The Bertz CT molecular complexity index is 940. The molecule has 0 aliphatic carbocycles. The molecule has 0 fully saturated rings. The van der Waals surface area contributed by atoms with Gasteiger partial charge in [-0.1, -0.05) is 42.5 Å². The summed E-state index contributed by atoms with van der Waals surface area (Å²) >= 11 is 0. The lowest BCUT2D eigenvalue weighted by Gasteiger charge is -2.27. The van der Waals surface area contributed by atoms with Crippen molar-refractivity contribution in [2.45, 2.75) is 12.5 Å². The highest BCUT2D eigenvalue weighted by Gasteiger charge is 2.26. The Morgan fingerprint density at radius 3 is 2.54 bits per heavy atom. The number of hydrogen-bond donors (Lipinski definition) is 1. The number of fused-ring (bicyclic) bond motifs is 1. The van der Waals surface area contributed by atoms with E-state index in [1.54, 1.807) is 24.5 Å². The quantitative estimate of drug-likeness (QED) is 0.737. The largest absolute Gasteiger partial charge is 0.485 e. The van der Waals surface area contributed by atoms with Gasteiger partial charge in [0.2, 0.25) is 0 Å². The van der Waals surface area contributed by atoms with Crippen molar-refractivity contribution in [2.75, 3.05) is 0 Å². The van der Waals surface area contributed by atoms with E-state index in [1.807, 2.05) is 54.6 Å². The number of ether oxygens (including phenoxy) is 1. The molecule has 0 spiro atoms. The Labute approximate surface area is 151 Å². The predicted molar refractivity (Wildman–Crippen MR) is 99.1 cm³/mol. The summed E-state index contributed by atoms with van der Waals surface area (Å²) in [6.07, 6.45) is 3.61. The first-order valence-corrected chi connectivity index (χ1v) is 8.39. The topological polar surface area (TPSA) is 63.6 Å². The van der Waals surface area contributed by atoms with Crippen LogP contribution in [0.1, 0.15) is 34.0 Å². The van der Waals surface area contributed by atoms with Crippen LogP contribution in [0.25, 0.3) is 0 Å². The van der Waals surface area contributed by atoms with E-state index in [-0.39, 0.29) is 12.0 Å². The number of hydrazone groups is 1. The van der Waals surface area contributed by atoms with Gasteiger partial charge >= 0.3 is 0 Å². The van der Waals surface area contributed by atoms with E-state index < -0.39 is 0 Å². The Morgan fingerprint density at radius 1 is 1.00 bits per heavy atom. The molecular formula is C21H17N3O2. The minimum atomic E-state index is -0.264. The fourth-order valence-corrected chi connectivity index (χ4v) is 2.93. The minimum absolute atomic E-state index is 0.136. The number of nitrogens with zero attached hydrogens (tertiary/aromatic N) is 2. The molecule has 1 N–H and O–H groups in total. The third-order valence-electron chi connectivity index (χ3n) is 4.25. The molecule has 26 heavy (non-hydrogen) atoms. The van der Waals surface area contributed by atoms with Gasteiger partial charge in [-0.2, -0.15) is 5.10 Å². The molecule has 3 aromatic rings. The van der Waals surface area contributed by atoms with Gasteiger partial charge in [-0.15, -0.1) is 0 Å². The van der Waals surface area contributed by atoms with Gasteiger partial charge < -0.3 is 4.74 Å². The van der Waals surface area contributed by atoms with Crippen molar-refractivity contribution < 1.29 is 9.53 Å². The number of hydrogen-bond acceptors (Lipinski definition) is 4. The molecule has 1 amide bonds. The number of amides is 1. The van der Waals surface area contributed by atoms with Gasteiger partial charge in [-0.3, -0.25) is 9.78 Å². The summed E-state index contributed by atoms with van der Waals surface area (Å²) in [5.74, 6) is 0.504. The van der Waals surface area contributed by atoms with Crippen molar-refractivity contribution in [1.29, 1.82) is 0 Å². The average molecular weight is 343 g/mol. The van der Waals surface area contributed by atoms with Crippen molar-refractivity contribution in [3.63, 3.8) is 0 Å². The minimum Gasteiger partial charge on any atom is -0.485 e. The second-order valence-electron chi connectivity index (χ2n) is 5.95. The fraction of sp³-hybridized carbons (Fsp3) is 0.0952. The molecular weight excluding hydrogens is 326 g/mol. The summed E-state index contributed by atoms with van der Waals surface area (Å²) in [7, 11) is 0. The van der Waals surface area contributed by atoms with Crippen LogP contribution in [0.15, 0.2) is 84.2 Å². The average Bonchev–Trinajstić information content (AvgIpc) is 2.73. The Balaban J connectivity index is 1.62. The van der Waals surface area contributed by atoms with Crippen LogP contribution in [0.5, 0.6) is 5.75 Å². The van der Waals surface area contributed by atoms with Crippen LogP contribution in [0, 0.1) is 0 Å². The highest BCUT2D eigenvalue weighted by molar-refractivity contribution is 6.05. The lowest BCUT2D eigenvalue weighted by molar-refractivity contribution is 0.0954. The molecule has 2 heterocycles. The van der Waals surface area contributed by atoms with E-state index in [0.29, 0.717) is 12.0 Å². The maximum Gasteiger partial charge on any atom is 0.271 e.